The maximum atomic E-state index is 10.4. The average Bonchev–Trinajstić information content (AvgIpc) is 0.796. The van der Waals surface area contributed by atoms with E-state index in [0.29, 0.717) is 0 Å². The summed E-state index contributed by atoms with van der Waals surface area (Å²) < 4.78 is 274. The quantitative estimate of drug-likeness (QED) is 0.0490. The van der Waals surface area contributed by atoms with Crippen LogP contribution in [0, 0.1) is 145 Å². The molecule has 4 aromatic rings. The van der Waals surface area contributed by atoms with Crippen LogP contribution in [0.2, 0.25) is 0 Å². The Morgan fingerprint density at radius 1 is 0.485 bits per heavy atom. The first-order valence-corrected chi connectivity index (χ1v) is 32.7. The number of ether oxygens (including phenoxy) is 2. The molecule has 0 spiro atoms. The van der Waals surface area contributed by atoms with Gasteiger partial charge in [-0.3, -0.25) is 0 Å². The van der Waals surface area contributed by atoms with Gasteiger partial charge in [0.05, 0.1) is 10.9 Å². The van der Waals surface area contributed by atoms with E-state index >= 15 is 0 Å². The minimum absolute atomic E-state index is 0. The van der Waals surface area contributed by atoms with Crippen LogP contribution in [-0.2, 0) is 10.9 Å². The third kappa shape index (κ3) is 35.9. The Labute approximate surface area is 569 Å². The van der Waals surface area contributed by atoms with Crippen molar-refractivity contribution in [3.05, 3.63) is 162 Å². The molecule has 0 saturated carbocycles. The van der Waals surface area contributed by atoms with E-state index in [0.717, 1.165) is 41.4 Å². The van der Waals surface area contributed by atoms with Gasteiger partial charge in [-0.2, -0.15) is 105 Å². The van der Waals surface area contributed by atoms with Gasteiger partial charge in [-0.25, -0.2) is 0 Å². The first kappa shape index (κ1) is 88.6. The summed E-state index contributed by atoms with van der Waals surface area (Å²) in [6, 6.07) is 33.4. The Hall–Kier alpha value is -10.4. The molecule has 29 heteroatoms. The van der Waals surface area contributed by atoms with E-state index in [9.17, 15) is 105 Å². The number of benzene rings is 4. The molecule has 0 bridgehead atoms. The zero-order chi connectivity index (χ0) is 76.0. The molecule has 0 N–H and O–H groups in total. The third-order valence-electron chi connectivity index (χ3n) is 9.84. The van der Waals surface area contributed by atoms with E-state index in [1.807, 2.05) is 66.7 Å². The number of halogens is 24. The van der Waals surface area contributed by atoms with Gasteiger partial charge in [-0.1, -0.05) is 61.3 Å². The molecule has 0 amide bonds. The van der Waals surface area contributed by atoms with Crippen molar-refractivity contribution in [3.8, 4) is 156 Å². The summed E-state index contributed by atoms with van der Waals surface area (Å²) in [5.41, 5.74) is 2.26. The van der Waals surface area contributed by atoms with E-state index in [-0.39, 0.29) is 16.6 Å². The number of hydrogen-bond donors (Lipinski definition) is 0. The fourth-order valence-electron chi connectivity index (χ4n) is 5.60. The van der Waals surface area contributed by atoms with Crippen molar-refractivity contribution in [1.29, 1.82) is 0 Å². The first-order valence-electron chi connectivity index (χ1n) is 25.8. The van der Waals surface area contributed by atoms with Crippen molar-refractivity contribution in [3.63, 3.8) is 0 Å². The normalized spacial score (nSPS) is 11.7. The van der Waals surface area contributed by atoms with E-state index in [1.54, 1.807) is 11.8 Å². The molecule has 4 aromatic carbocycles. The summed E-state index contributed by atoms with van der Waals surface area (Å²) in [6.07, 6.45) is -16.1. The van der Waals surface area contributed by atoms with Crippen molar-refractivity contribution >= 4 is 37.7 Å². The molecule has 0 heterocycles. The van der Waals surface area contributed by atoms with Gasteiger partial charge < -0.3 is 9.47 Å². The number of alkyl halides is 24. The van der Waals surface area contributed by atoms with Crippen LogP contribution in [0.4, 0.5) is 105 Å². The van der Waals surface area contributed by atoms with Gasteiger partial charge in [0.15, 0.2) is 14.7 Å². The van der Waals surface area contributed by atoms with Crippen LogP contribution in [0.25, 0.3) is 0 Å². The molecule has 0 saturated heterocycles. The van der Waals surface area contributed by atoms with E-state index in [4.69, 9.17) is 35.2 Å². The fraction of sp³-hybridized carbons (Fsp3) is 0.171. The van der Waals surface area contributed by atoms with Crippen molar-refractivity contribution in [2.75, 3.05) is 0 Å². The van der Waals surface area contributed by atoms with Crippen LogP contribution in [0.5, 0.6) is 17.2 Å². The Balaban J connectivity index is -0.000000443. The van der Waals surface area contributed by atoms with E-state index in [1.165, 1.54) is 30.1 Å². The molecule has 0 aromatic heterocycles. The van der Waals surface area contributed by atoms with Crippen LogP contribution < -0.4 is 9.47 Å². The molecule has 1 atom stereocenters. The number of aryl methyl sites for hydroxylation is 1. The van der Waals surface area contributed by atoms with Gasteiger partial charge in [-0.05, 0) is 122 Å². The van der Waals surface area contributed by atoms with Crippen LogP contribution >= 0.6 is 11.8 Å². The maximum Gasteiger partial charge on any atom is 0.487 e. The summed E-state index contributed by atoms with van der Waals surface area (Å²) in [5.74, 6) is 42.1. The molecule has 522 valence electrons. The molecule has 5 rings (SSSR count). The van der Waals surface area contributed by atoms with Gasteiger partial charge in [0.1, 0.15) is 23.0 Å². The van der Waals surface area contributed by atoms with Crippen LogP contribution in [0.15, 0.2) is 176 Å². The van der Waals surface area contributed by atoms with Crippen molar-refractivity contribution < 1.29 is 121 Å². The average molecular weight is 1510 g/mol. The monoisotopic (exact) mass is 1510 g/mol. The summed E-state index contributed by atoms with van der Waals surface area (Å²) in [6.45, 7) is 12.5. The second-order valence-corrected chi connectivity index (χ2v) is 26.6. The Bertz CT molecular complexity index is 3880. The molecule has 1 aliphatic rings. The second-order valence-electron chi connectivity index (χ2n) is 17.4. The van der Waals surface area contributed by atoms with Gasteiger partial charge in [-0.15, -0.1) is 0 Å². The van der Waals surface area contributed by atoms with E-state index < -0.39 is 64.4 Å². The van der Waals surface area contributed by atoms with Crippen molar-refractivity contribution in [1.82, 2.24) is 0 Å². The standard InChI is InChI=1S/C38H35O2S2.4C6H.4C2F6.Ga.4H2/c1-5-12-38(28(2)3)42(35-23-19-33(20-24-35)40-31-15-10-7-11-16-31)36-25-26-37(29(4)27-36)41-34-21-17-32(18-22-34)39-30-13-8-6-9-14-30;4*1-3-5-6-4-2;4*3-1(4,5)2(6,7)8;;;;;/h5-8,10-13,15-27H,1-2,9,14H2,3-4H3;4*1H;;;;;;4*1H/q+1;;;;;;;;;-1;;;;/b38-12+;;;;;;;;;;;;;. The summed E-state index contributed by atoms with van der Waals surface area (Å²) in [5, 5.41) is 0. The smallest absolute Gasteiger partial charge is 0.462 e. The molecular weight excluding hydrogens is 1460 g/mol. The number of para-hydroxylation sites is 1. The molecule has 0 aliphatic heterocycles. The molecule has 99 heavy (non-hydrogen) atoms. The first-order chi connectivity index (χ1) is 45.7. The molecule has 0 radical (unpaired) electrons. The topological polar surface area (TPSA) is 18.5 Å². The number of hydrogen-bond acceptors (Lipinski definition) is 3. The number of terminal acetylenes is 4. The van der Waals surface area contributed by atoms with Crippen LogP contribution in [-0.4, -0.2) is 64.4 Å². The Kier molecular flexibility index (Phi) is 37.2. The van der Waals surface area contributed by atoms with Gasteiger partial charge in [0.2, 0.25) is 0 Å². The van der Waals surface area contributed by atoms with Gasteiger partial charge >= 0.3 is 203 Å². The zero-order valence-corrected chi connectivity index (χ0v) is 54.1. The molecule has 1 unspecified atom stereocenters. The zero-order valence-electron chi connectivity index (χ0n) is 50.0. The largest absolute Gasteiger partial charge is 0.487 e. The summed E-state index contributed by atoms with van der Waals surface area (Å²) in [7, 11) is -0.347. The third-order valence-corrected chi connectivity index (χ3v) is 18.3. The molecule has 2 nitrogen and oxygen atoms in total. The predicted octanol–water partition coefficient (Wildman–Crippen LogP) is 20.8. The Morgan fingerprint density at radius 3 is 1.16 bits per heavy atom. The second kappa shape index (κ2) is 41.6. The molecule has 1 aliphatic carbocycles. The number of rotatable bonds is 11. The van der Waals surface area contributed by atoms with Crippen molar-refractivity contribution in [2.45, 2.75) is 95.7 Å². The molecule has 0 fully saturated rings. The van der Waals surface area contributed by atoms with Crippen LogP contribution in [0.1, 0.15) is 31.0 Å². The van der Waals surface area contributed by atoms with Crippen molar-refractivity contribution in [2.24, 2.45) is 0 Å². The summed E-state index contributed by atoms with van der Waals surface area (Å²) >= 11 is -2.14. The van der Waals surface area contributed by atoms with Crippen LogP contribution in [0.3, 0.4) is 0 Å². The fourth-order valence-corrected chi connectivity index (χ4v) is 12.1. The maximum absolute atomic E-state index is 10.4. The van der Waals surface area contributed by atoms with Gasteiger partial charge in [0.25, 0.3) is 0 Å². The molecular formula is C70H47F24GaO2S2. The minimum atomic E-state index is -6.06. The minimum Gasteiger partial charge on any atom is -0.462 e. The number of allylic oxidation sites excluding steroid dienone is 7. The SMILES string of the molecule is C#CC#CC#[C][Ga-]([C]#CC#CC#C)([C]#CC#CC#C)[C]#CC#CC#C.C=C/C=C(\C(=C)C)[S+](c1ccc(Oc2ccccc2)cc1)c1ccc(Sc2ccc(OC3=CC=CCC3)cc2)c(C)c1.FC(F)(F)C(F)(F)F.FC(F)(F)C(F)(F)F.FC(F)(F)C(F)(F)F.FC(F)(F)C(F)(F)F.[HH].[HH].[HH].[HH]. The van der Waals surface area contributed by atoms with E-state index in [2.05, 4.69) is 200 Å². The summed E-state index contributed by atoms with van der Waals surface area (Å²) in [4.78, 5) is 6.01. The predicted molar refractivity (Wildman–Crippen MR) is 339 cm³/mol. The van der Waals surface area contributed by atoms with Gasteiger partial charge in [0, 0.05) is 21.9 Å². The Morgan fingerprint density at radius 2 is 0.838 bits per heavy atom.